The van der Waals surface area contributed by atoms with E-state index >= 15 is 0 Å². The molecule has 3 rings (SSSR count). The molecule has 1 N–H and O–H groups in total. The number of ether oxygens (including phenoxy) is 1. The molecule has 136 valence electrons. The first kappa shape index (κ1) is 18.0. The maximum absolute atomic E-state index is 13.0. The standard InChI is InChI=1S/C17H16FN3O4S/c1-11(21-26(22,23)13-9-7-12(18)8-10-13)17-19-16(20-25-17)14-5-3-4-6-15(14)24-2/h3-11,21H,1-2H3. The van der Waals surface area contributed by atoms with Crippen molar-refractivity contribution in [3.8, 4) is 17.1 Å². The van der Waals surface area contributed by atoms with Gasteiger partial charge in [0, 0.05) is 0 Å². The Morgan fingerprint density at radius 1 is 1.15 bits per heavy atom. The molecule has 26 heavy (non-hydrogen) atoms. The number of rotatable bonds is 6. The van der Waals surface area contributed by atoms with E-state index in [9.17, 15) is 12.8 Å². The van der Waals surface area contributed by atoms with Gasteiger partial charge in [0.15, 0.2) is 0 Å². The second kappa shape index (κ2) is 7.22. The average molecular weight is 377 g/mol. The molecule has 1 atom stereocenters. The number of hydrogen-bond acceptors (Lipinski definition) is 6. The molecule has 0 spiro atoms. The first-order valence-corrected chi connectivity index (χ1v) is 9.14. The highest BCUT2D eigenvalue weighted by Gasteiger charge is 2.23. The molecule has 1 unspecified atom stereocenters. The Labute approximate surface area is 149 Å². The molecule has 3 aromatic rings. The third kappa shape index (κ3) is 3.73. The fraction of sp³-hybridized carbons (Fsp3) is 0.176. The van der Waals surface area contributed by atoms with Crippen LogP contribution in [0.2, 0.25) is 0 Å². The number of methoxy groups -OCH3 is 1. The van der Waals surface area contributed by atoms with Gasteiger partial charge in [-0.1, -0.05) is 17.3 Å². The van der Waals surface area contributed by atoms with Crippen molar-refractivity contribution in [1.82, 2.24) is 14.9 Å². The van der Waals surface area contributed by atoms with Crippen molar-refractivity contribution in [3.05, 3.63) is 60.2 Å². The Hall–Kier alpha value is -2.78. The van der Waals surface area contributed by atoms with Crippen LogP contribution in [0.5, 0.6) is 5.75 Å². The summed E-state index contributed by atoms with van der Waals surface area (Å²) in [5.41, 5.74) is 0.624. The molecule has 0 fully saturated rings. The smallest absolute Gasteiger partial charge is 0.244 e. The van der Waals surface area contributed by atoms with Crippen LogP contribution in [0.3, 0.4) is 0 Å². The Bertz CT molecular complexity index is 1000. The number of aromatic nitrogens is 2. The lowest BCUT2D eigenvalue weighted by atomic mass is 10.2. The zero-order valence-electron chi connectivity index (χ0n) is 14.0. The summed E-state index contributed by atoms with van der Waals surface area (Å²) in [4.78, 5) is 4.18. The first-order valence-electron chi connectivity index (χ1n) is 7.65. The molecule has 9 heteroatoms. The fourth-order valence-electron chi connectivity index (χ4n) is 2.31. The molecule has 0 radical (unpaired) electrons. The van der Waals surface area contributed by atoms with Gasteiger partial charge in [-0.05, 0) is 43.3 Å². The van der Waals surface area contributed by atoms with Gasteiger partial charge in [0.25, 0.3) is 0 Å². The minimum Gasteiger partial charge on any atom is -0.496 e. The second-order valence-corrected chi connectivity index (χ2v) is 7.17. The summed E-state index contributed by atoms with van der Waals surface area (Å²) in [5.74, 6) is 0.427. The molecule has 0 saturated heterocycles. The summed E-state index contributed by atoms with van der Waals surface area (Å²) in [6.45, 7) is 1.57. The summed E-state index contributed by atoms with van der Waals surface area (Å²) in [6.07, 6.45) is 0. The van der Waals surface area contributed by atoms with Gasteiger partial charge in [-0.3, -0.25) is 0 Å². The third-order valence-corrected chi connectivity index (χ3v) is 5.17. The van der Waals surface area contributed by atoms with Gasteiger partial charge in [-0.15, -0.1) is 0 Å². The minimum absolute atomic E-state index is 0.0600. The van der Waals surface area contributed by atoms with Crippen LogP contribution >= 0.6 is 0 Å². The van der Waals surface area contributed by atoms with Crippen LogP contribution in [-0.2, 0) is 10.0 Å². The monoisotopic (exact) mass is 377 g/mol. The molecular formula is C17H16FN3O4S. The van der Waals surface area contributed by atoms with Crippen LogP contribution in [0.25, 0.3) is 11.4 Å². The third-order valence-electron chi connectivity index (χ3n) is 3.62. The van der Waals surface area contributed by atoms with E-state index in [1.165, 1.54) is 19.2 Å². The predicted molar refractivity (Wildman–Crippen MR) is 91.4 cm³/mol. The van der Waals surface area contributed by atoms with Crippen molar-refractivity contribution in [1.29, 1.82) is 0 Å². The SMILES string of the molecule is COc1ccccc1-c1noc(C(C)NS(=O)(=O)c2ccc(F)cc2)n1. The summed E-state index contributed by atoms with van der Waals surface area (Å²) in [7, 11) is -2.33. The fourth-order valence-corrected chi connectivity index (χ4v) is 3.51. The lowest BCUT2D eigenvalue weighted by Crippen LogP contribution is -2.27. The molecule has 0 aliphatic heterocycles. The van der Waals surface area contributed by atoms with E-state index in [0.29, 0.717) is 11.3 Å². The molecule has 0 aliphatic carbocycles. The summed E-state index contributed by atoms with van der Waals surface area (Å²) in [6, 6.07) is 10.9. The van der Waals surface area contributed by atoms with Crippen molar-refractivity contribution < 1.29 is 22.1 Å². The maximum atomic E-state index is 13.0. The molecule has 0 aliphatic rings. The lowest BCUT2D eigenvalue weighted by Gasteiger charge is -2.10. The van der Waals surface area contributed by atoms with Gasteiger partial charge < -0.3 is 9.26 Å². The van der Waals surface area contributed by atoms with E-state index < -0.39 is 21.9 Å². The maximum Gasteiger partial charge on any atom is 0.244 e. The number of para-hydroxylation sites is 1. The zero-order chi connectivity index (χ0) is 18.7. The van der Waals surface area contributed by atoms with Crippen molar-refractivity contribution in [2.24, 2.45) is 0 Å². The molecule has 0 amide bonds. The molecule has 1 heterocycles. The Balaban J connectivity index is 1.82. The first-order chi connectivity index (χ1) is 12.4. The number of nitrogens with one attached hydrogen (secondary N) is 1. The van der Waals surface area contributed by atoms with Gasteiger partial charge in [-0.25, -0.2) is 12.8 Å². The zero-order valence-corrected chi connectivity index (χ0v) is 14.8. The van der Waals surface area contributed by atoms with Gasteiger partial charge in [-0.2, -0.15) is 9.71 Å². The number of hydrogen-bond donors (Lipinski definition) is 1. The van der Waals surface area contributed by atoms with Crippen molar-refractivity contribution in [2.75, 3.05) is 7.11 Å². The van der Waals surface area contributed by atoms with E-state index in [1.54, 1.807) is 25.1 Å². The number of halogens is 1. The number of sulfonamides is 1. The Kier molecular flexibility index (Phi) is 5.01. The predicted octanol–water partition coefficient (Wildman–Crippen LogP) is 2.92. The van der Waals surface area contributed by atoms with Gasteiger partial charge in [0.1, 0.15) is 11.6 Å². The van der Waals surface area contributed by atoms with Crippen LogP contribution in [0.1, 0.15) is 18.9 Å². The van der Waals surface area contributed by atoms with E-state index in [0.717, 1.165) is 12.1 Å². The highest BCUT2D eigenvalue weighted by Crippen LogP contribution is 2.28. The Morgan fingerprint density at radius 3 is 2.54 bits per heavy atom. The Morgan fingerprint density at radius 2 is 1.85 bits per heavy atom. The normalized spacial score (nSPS) is 12.7. The highest BCUT2D eigenvalue weighted by molar-refractivity contribution is 7.89. The molecule has 7 nitrogen and oxygen atoms in total. The summed E-state index contributed by atoms with van der Waals surface area (Å²) < 4.78 is 50.5. The van der Waals surface area contributed by atoms with Crippen LogP contribution in [-0.4, -0.2) is 25.7 Å². The second-order valence-electron chi connectivity index (χ2n) is 5.45. The van der Waals surface area contributed by atoms with Crippen LogP contribution in [0, 0.1) is 5.82 Å². The van der Waals surface area contributed by atoms with Crippen LogP contribution < -0.4 is 9.46 Å². The summed E-state index contributed by atoms with van der Waals surface area (Å²) >= 11 is 0. The summed E-state index contributed by atoms with van der Waals surface area (Å²) in [5, 5.41) is 3.88. The molecule has 0 saturated carbocycles. The van der Waals surface area contributed by atoms with Gasteiger partial charge in [0.2, 0.25) is 21.7 Å². The van der Waals surface area contributed by atoms with Crippen molar-refractivity contribution >= 4 is 10.0 Å². The van der Waals surface area contributed by atoms with Crippen LogP contribution in [0.15, 0.2) is 57.9 Å². The quantitative estimate of drug-likeness (QED) is 0.710. The topological polar surface area (TPSA) is 94.3 Å². The number of nitrogens with zero attached hydrogens (tertiary/aromatic N) is 2. The van der Waals surface area contributed by atoms with Crippen LogP contribution in [0.4, 0.5) is 4.39 Å². The van der Waals surface area contributed by atoms with Gasteiger partial charge in [0.05, 0.1) is 23.6 Å². The van der Waals surface area contributed by atoms with Crippen molar-refractivity contribution in [2.45, 2.75) is 17.9 Å². The van der Waals surface area contributed by atoms with E-state index in [2.05, 4.69) is 14.9 Å². The molecule has 1 aromatic heterocycles. The lowest BCUT2D eigenvalue weighted by molar-refractivity contribution is 0.353. The average Bonchev–Trinajstić information content (AvgIpc) is 3.12. The van der Waals surface area contributed by atoms with E-state index in [4.69, 9.17) is 9.26 Å². The molecular weight excluding hydrogens is 361 g/mol. The van der Waals surface area contributed by atoms with E-state index in [1.807, 2.05) is 6.07 Å². The highest BCUT2D eigenvalue weighted by atomic mass is 32.2. The van der Waals surface area contributed by atoms with E-state index in [-0.39, 0.29) is 16.6 Å². The van der Waals surface area contributed by atoms with Crippen molar-refractivity contribution in [3.63, 3.8) is 0 Å². The number of benzene rings is 2. The molecule has 0 bridgehead atoms. The molecule has 2 aromatic carbocycles. The van der Waals surface area contributed by atoms with Gasteiger partial charge >= 0.3 is 0 Å². The largest absolute Gasteiger partial charge is 0.496 e. The minimum atomic E-state index is -3.86.